The van der Waals surface area contributed by atoms with E-state index in [1.54, 1.807) is 12.1 Å². The number of carbonyl (C=O) groups is 1. The minimum atomic E-state index is -4.52. The SMILES string of the molecule is NCCOc1cccc(NC(=O)CC(F)(F)F)c1. The number of nitrogens with two attached hydrogens (primary N) is 1. The molecule has 100 valence electrons. The second-order valence-corrected chi connectivity index (χ2v) is 3.51. The number of carbonyl (C=O) groups excluding carboxylic acids is 1. The summed E-state index contributed by atoms with van der Waals surface area (Å²) in [5.41, 5.74) is 5.49. The average Bonchev–Trinajstić information content (AvgIpc) is 2.24. The average molecular weight is 262 g/mol. The van der Waals surface area contributed by atoms with Gasteiger partial charge in [-0.1, -0.05) is 6.07 Å². The fraction of sp³-hybridized carbons (Fsp3) is 0.364. The van der Waals surface area contributed by atoms with E-state index in [1.165, 1.54) is 12.1 Å². The largest absolute Gasteiger partial charge is 0.492 e. The first-order chi connectivity index (χ1) is 8.40. The summed E-state index contributed by atoms with van der Waals surface area (Å²) in [6, 6.07) is 6.09. The van der Waals surface area contributed by atoms with Crippen LogP contribution < -0.4 is 15.8 Å². The molecule has 3 N–H and O–H groups in total. The number of alkyl halides is 3. The van der Waals surface area contributed by atoms with Gasteiger partial charge in [0.1, 0.15) is 18.8 Å². The molecule has 0 atom stereocenters. The number of halogens is 3. The highest BCUT2D eigenvalue weighted by molar-refractivity contribution is 5.91. The van der Waals surface area contributed by atoms with Gasteiger partial charge in [0.25, 0.3) is 0 Å². The van der Waals surface area contributed by atoms with Crippen LogP contribution in [0.4, 0.5) is 18.9 Å². The number of nitrogens with one attached hydrogen (secondary N) is 1. The highest BCUT2D eigenvalue weighted by atomic mass is 19.4. The predicted molar refractivity (Wildman–Crippen MR) is 60.3 cm³/mol. The molecule has 0 radical (unpaired) electrons. The van der Waals surface area contributed by atoms with Crippen LogP contribution in [0.1, 0.15) is 6.42 Å². The van der Waals surface area contributed by atoms with Gasteiger partial charge in [0.15, 0.2) is 0 Å². The molecule has 1 amide bonds. The van der Waals surface area contributed by atoms with Crippen molar-refractivity contribution in [2.24, 2.45) is 5.73 Å². The Hall–Kier alpha value is -1.76. The Morgan fingerprint density at radius 3 is 2.72 bits per heavy atom. The first-order valence-electron chi connectivity index (χ1n) is 5.20. The second-order valence-electron chi connectivity index (χ2n) is 3.51. The van der Waals surface area contributed by atoms with Crippen LogP contribution in [0.3, 0.4) is 0 Å². The van der Waals surface area contributed by atoms with Crippen molar-refractivity contribution < 1.29 is 22.7 Å². The Labute approximate surface area is 102 Å². The monoisotopic (exact) mass is 262 g/mol. The van der Waals surface area contributed by atoms with Crippen molar-refractivity contribution in [2.45, 2.75) is 12.6 Å². The fourth-order valence-corrected chi connectivity index (χ4v) is 1.23. The van der Waals surface area contributed by atoms with Gasteiger partial charge in [0.2, 0.25) is 5.91 Å². The Balaban J connectivity index is 2.59. The van der Waals surface area contributed by atoms with Crippen LogP contribution >= 0.6 is 0 Å². The van der Waals surface area contributed by atoms with Crippen LogP contribution in [0, 0.1) is 0 Å². The van der Waals surface area contributed by atoms with E-state index in [-0.39, 0.29) is 5.69 Å². The molecule has 1 aromatic carbocycles. The van der Waals surface area contributed by atoms with E-state index in [1.807, 2.05) is 0 Å². The molecule has 0 saturated carbocycles. The first-order valence-corrected chi connectivity index (χ1v) is 5.20. The Bertz CT molecular complexity index is 408. The maximum atomic E-state index is 12.0. The zero-order valence-electron chi connectivity index (χ0n) is 9.46. The summed E-state index contributed by atoms with van der Waals surface area (Å²) >= 11 is 0. The van der Waals surface area contributed by atoms with Crippen molar-refractivity contribution in [3.63, 3.8) is 0 Å². The van der Waals surface area contributed by atoms with Gasteiger partial charge >= 0.3 is 6.18 Å². The van der Waals surface area contributed by atoms with E-state index < -0.39 is 18.5 Å². The smallest absolute Gasteiger partial charge is 0.397 e. The number of benzene rings is 1. The Morgan fingerprint density at radius 1 is 1.39 bits per heavy atom. The van der Waals surface area contributed by atoms with Crippen LogP contribution in [0.15, 0.2) is 24.3 Å². The third kappa shape index (κ3) is 5.53. The second kappa shape index (κ2) is 6.25. The van der Waals surface area contributed by atoms with Crippen LogP contribution in [-0.2, 0) is 4.79 Å². The Morgan fingerprint density at radius 2 is 2.11 bits per heavy atom. The van der Waals surface area contributed by atoms with Gasteiger partial charge < -0.3 is 15.8 Å². The minimum absolute atomic E-state index is 0.249. The number of hydrogen-bond donors (Lipinski definition) is 2. The third-order valence-corrected chi connectivity index (χ3v) is 1.87. The number of amides is 1. The maximum absolute atomic E-state index is 12.0. The molecule has 1 aromatic rings. The normalized spacial score (nSPS) is 11.1. The predicted octanol–water partition coefficient (Wildman–Crippen LogP) is 1.91. The lowest BCUT2D eigenvalue weighted by molar-refractivity contribution is -0.150. The van der Waals surface area contributed by atoms with Gasteiger partial charge in [-0.15, -0.1) is 0 Å². The molecule has 1 rings (SSSR count). The lowest BCUT2D eigenvalue weighted by Crippen LogP contribution is -2.21. The summed E-state index contributed by atoms with van der Waals surface area (Å²) < 4.78 is 41.0. The van der Waals surface area contributed by atoms with Crippen LogP contribution in [0.2, 0.25) is 0 Å². The van der Waals surface area contributed by atoms with Crippen molar-refractivity contribution in [1.29, 1.82) is 0 Å². The Kier molecular flexibility index (Phi) is 4.96. The summed E-state index contributed by atoms with van der Waals surface area (Å²) in [6.07, 6.45) is -6.03. The summed E-state index contributed by atoms with van der Waals surface area (Å²) in [5.74, 6) is -0.677. The zero-order chi connectivity index (χ0) is 13.6. The molecule has 0 spiro atoms. The topological polar surface area (TPSA) is 64.3 Å². The molecule has 0 aliphatic heterocycles. The van der Waals surface area contributed by atoms with E-state index in [9.17, 15) is 18.0 Å². The lowest BCUT2D eigenvalue weighted by Gasteiger charge is -2.09. The zero-order valence-corrected chi connectivity index (χ0v) is 9.46. The quantitative estimate of drug-likeness (QED) is 0.852. The van der Waals surface area contributed by atoms with Gasteiger partial charge in [-0.3, -0.25) is 4.79 Å². The van der Waals surface area contributed by atoms with E-state index in [0.29, 0.717) is 18.9 Å². The van der Waals surface area contributed by atoms with Gasteiger partial charge in [0.05, 0.1) is 0 Å². The summed E-state index contributed by atoms with van der Waals surface area (Å²) in [7, 11) is 0. The van der Waals surface area contributed by atoms with E-state index in [2.05, 4.69) is 5.32 Å². The molecule has 18 heavy (non-hydrogen) atoms. The summed E-state index contributed by atoms with van der Waals surface area (Å²) in [5, 5.41) is 2.15. The molecule has 0 heterocycles. The molecule has 0 saturated heterocycles. The highest BCUT2D eigenvalue weighted by Crippen LogP contribution is 2.22. The van der Waals surface area contributed by atoms with Crippen molar-refractivity contribution in [3.05, 3.63) is 24.3 Å². The van der Waals surface area contributed by atoms with Crippen molar-refractivity contribution in [2.75, 3.05) is 18.5 Å². The molecular weight excluding hydrogens is 249 g/mol. The van der Waals surface area contributed by atoms with Crippen LogP contribution in [-0.4, -0.2) is 25.2 Å². The van der Waals surface area contributed by atoms with Crippen molar-refractivity contribution in [3.8, 4) is 5.75 Å². The molecule has 0 aliphatic rings. The van der Waals surface area contributed by atoms with Crippen molar-refractivity contribution in [1.82, 2.24) is 0 Å². The third-order valence-electron chi connectivity index (χ3n) is 1.87. The molecule has 0 aromatic heterocycles. The molecule has 0 bridgehead atoms. The summed E-state index contributed by atoms with van der Waals surface area (Å²) in [4.78, 5) is 11.1. The van der Waals surface area contributed by atoms with Crippen molar-refractivity contribution >= 4 is 11.6 Å². The van der Waals surface area contributed by atoms with Gasteiger partial charge in [-0.2, -0.15) is 13.2 Å². The molecule has 0 aliphatic carbocycles. The van der Waals surface area contributed by atoms with Gasteiger partial charge in [-0.05, 0) is 12.1 Å². The van der Waals surface area contributed by atoms with Crippen LogP contribution in [0.25, 0.3) is 0 Å². The molecule has 0 unspecified atom stereocenters. The lowest BCUT2D eigenvalue weighted by atomic mass is 10.3. The van der Waals surface area contributed by atoms with Crippen LogP contribution in [0.5, 0.6) is 5.75 Å². The number of rotatable bonds is 5. The first kappa shape index (κ1) is 14.3. The number of anilines is 1. The van der Waals surface area contributed by atoms with Gasteiger partial charge in [0, 0.05) is 18.3 Å². The molecule has 4 nitrogen and oxygen atoms in total. The van der Waals surface area contributed by atoms with Gasteiger partial charge in [-0.25, -0.2) is 0 Å². The highest BCUT2D eigenvalue weighted by Gasteiger charge is 2.31. The fourth-order valence-electron chi connectivity index (χ4n) is 1.23. The van der Waals surface area contributed by atoms with E-state index in [0.717, 1.165) is 0 Å². The van der Waals surface area contributed by atoms with E-state index in [4.69, 9.17) is 10.5 Å². The minimum Gasteiger partial charge on any atom is -0.492 e. The standard InChI is InChI=1S/C11H13F3N2O2/c12-11(13,14)7-10(17)16-8-2-1-3-9(6-8)18-5-4-15/h1-3,6H,4-5,7,15H2,(H,16,17). The molecular formula is C11H13F3N2O2. The number of hydrogen-bond acceptors (Lipinski definition) is 3. The molecule has 0 fully saturated rings. The van der Waals surface area contributed by atoms with E-state index >= 15 is 0 Å². The number of ether oxygens (including phenoxy) is 1. The maximum Gasteiger partial charge on any atom is 0.397 e. The molecule has 7 heteroatoms. The summed E-state index contributed by atoms with van der Waals surface area (Å²) in [6.45, 7) is 0.616.